The van der Waals surface area contributed by atoms with Crippen LogP contribution in [0.25, 0.3) is 16.6 Å². The van der Waals surface area contributed by atoms with Crippen LogP contribution in [0.5, 0.6) is 0 Å². The van der Waals surface area contributed by atoms with E-state index >= 15 is 0 Å². The number of H-pyrrole nitrogens is 1. The zero-order valence-electron chi connectivity index (χ0n) is 15.9. The van der Waals surface area contributed by atoms with E-state index in [1.807, 2.05) is 12.1 Å². The van der Waals surface area contributed by atoms with Crippen molar-refractivity contribution in [1.82, 2.24) is 19.7 Å². The van der Waals surface area contributed by atoms with Crippen LogP contribution in [-0.2, 0) is 6.42 Å². The first-order valence-corrected chi connectivity index (χ1v) is 9.68. The number of para-hydroxylation sites is 1. The van der Waals surface area contributed by atoms with E-state index in [0.717, 1.165) is 17.8 Å². The highest BCUT2D eigenvalue weighted by atomic mass is 15.3. The molecule has 5 rings (SSSR count). The maximum Gasteiger partial charge on any atom is 0.138 e. The van der Waals surface area contributed by atoms with Gasteiger partial charge in [0.2, 0.25) is 0 Å². The molecule has 5 nitrogen and oxygen atoms in total. The fraction of sp³-hybridized carbons (Fsp3) is 0.0833. The number of rotatable bonds is 6. The summed E-state index contributed by atoms with van der Waals surface area (Å²) in [5.41, 5.74) is 5.75. The predicted molar refractivity (Wildman–Crippen MR) is 116 cm³/mol. The van der Waals surface area contributed by atoms with Gasteiger partial charge in [-0.15, -0.1) is 0 Å². The molecule has 142 valence electrons. The minimum atomic E-state index is 0.140. The molecule has 0 radical (unpaired) electrons. The number of aromatic nitrogens is 4. The topological polar surface area (TPSA) is 58.5 Å². The lowest BCUT2D eigenvalue weighted by Gasteiger charge is -2.21. The van der Waals surface area contributed by atoms with E-state index in [2.05, 4.69) is 93.3 Å². The van der Waals surface area contributed by atoms with Crippen molar-refractivity contribution in [3.8, 4) is 5.69 Å². The summed E-state index contributed by atoms with van der Waals surface area (Å²) in [4.78, 5) is 7.43. The van der Waals surface area contributed by atoms with E-state index in [1.54, 1.807) is 17.3 Å². The smallest absolute Gasteiger partial charge is 0.138 e. The Morgan fingerprint density at radius 2 is 1.79 bits per heavy atom. The predicted octanol–water partition coefficient (Wildman–Crippen LogP) is 5.14. The van der Waals surface area contributed by atoms with Gasteiger partial charge in [-0.05, 0) is 41.8 Å². The van der Waals surface area contributed by atoms with Crippen LogP contribution in [0, 0.1) is 0 Å². The fourth-order valence-electron chi connectivity index (χ4n) is 3.74. The Morgan fingerprint density at radius 3 is 2.66 bits per heavy atom. The molecule has 2 N–H and O–H groups in total. The maximum absolute atomic E-state index is 4.23. The van der Waals surface area contributed by atoms with E-state index in [1.165, 1.54) is 22.0 Å². The minimum Gasteiger partial charge on any atom is -0.378 e. The van der Waals surface area contributed by atoms with E-state index in [9.17, 15) is 0 Å². The summed E-state index contributed by atoms with van der Waals surface area (Å²) in [6, 6.07) is 27.4. The largest absolute Gasteiger partial charge is 0.378 e. The van der Waals surface area contributed by atoms with Crippen molar-refractivity contribution in [2.24, 2.45) is 0 Å². The van der Waals surface area contributed by atoms with Gasteiger partial charge in [0.05, 0.1) is 11.7 Å². The van der Waals surface area contributed by atoms with Gasteiger partial charge in [0.1, 0.15) is 12.7 Å². The third-order valence-corrected chi connectivity index (χ3v) is 5.17. The van der Waals surface area contributed by atoms with Gasteiger partial charge in [-0.3, -0.25) is 0 Å². The molecule has 1 unspecified atom stereocenters. The third kappa shape index (κ3) is 3.62. The van der Waals surface area contributed by atoms with Crippen molar-refractivity contribution in [1.29, 1.82) is 0 Å². The number of nitrogens with zero attached hydrogens (tertiary/aromatic N) is 3. The number of anilines is 1. The number of benzene rings is 3. The molecule has 0 aliphatic carbocycles. The molecular weight excluding hydrogens is 358 g/mol. The van der Waals surface area contributed by atoms with Crippen LogP contribution < -0.4 is 5.32 Å². The van der Waals surface area contributed by atoms with Gasteiger partial charge in [-0.25, -0.2) is 9.67 Å². The fourth-order valence-corrected chi connectivity index (χ4v) is 3.74. The molecular formula is C24H21N5. The Morgan fingerprint density at radius 1 is 0.931 bits per heavy atom. The van der Waals surface area contributed by atoms with Crippen LogP contribution in [0.3, 0.4) is 0 Å². The minimum absolute atomic E-state index is 0.140. The third-order valence-electron chi connectivity index (χ3n) is 5.17. The number of hydrogen-bond acceptors (Lipinski definition) is 3. The van der Waals surface area contributed by atoms with Crippen LogP contribution >= 0.6 is 0 Å². The Labute approximate surface area is 169 Å². The zero-order chi connectivity index (χ0) is 19.5. The average Bonchev–Trinajstić information content (AvgIpc) is 3.45. The molecule has 0 aliphatic heterocycles. The lowest BCUT2D eigenvalue weighted by molar-refractivity contribution is 0.778. The molecule has 0 aliphatic rings. The Bertz CT molecular complexity index is 1210. The van der Waals surface area contributed by atoms with Gasteiger partial charge in [-0.1, -0.05) is 54.6 Å². The maximum atomic E-state index is 4.23. The van der Waals surface area contributed by atoms with E-state index in [4.69, 9.17) is 0 Å². The molecule has 0 bridgehead atoms. The molecule has 0 saturated heterocycles. The monoisotopic (exact) mass is 379 g/mol. The molecule has 3 aromatic carbocycles. The molecule has 0 saturated carbocycles. The SMILES string of the molecule is c1ccc(C(Cc2c[nH]c3ccccc23)Nc2cccc(-n3cncn3)c2)cc1. The lowest BCUT2D eigenvalue weighted by atomic mass is 9.98. The van der Waals surface area contributed by atoms with Crippen molar-refractivity contribution in [2.75, 3.05) is 5.32 Å². The normalized spacial score (nSPS) is 12.1. The number of nitrogens with one attached hydrogen (secondary N) is 2. The van der Waals surface area contributed by atoms with Gasteiger partial charge in [0.25, 0.3) is 0 Å². The molecule has 5 heteroatoms. The molecule has 5 aromatic rings. The Balaban J connectivity index is 1.48. The highest BCUT2D eigenvalue weighted by Crippen LogP contribution is 2.28. The van der Waals surface area contributed by atoms with Crippen molar-refractivity contribution in [3.63, 3.8) is 0 Å². The second kappa shape index (κ2) is 7.64. The number of aromatic amines is 1. The van der Waals surface area contributed by atoms with Gasteiger partial charge < -0.3 is 10.3 Å². The van der Waals surface area contributed by atoms with Crippen molar-refractivity contribution in [3.05, 3.63) is 109 Å². The first kappa shape index (κ1) is 17.3. The molecule has 2 heterocycles. The van der Waals surface area contributed by atoms with E-state index in [-0.39, 0.29) is 6.04 Å². The number of fused-ring (bicyclic) bond motifs is 1. The standard InChI is InChI=1S/C24H21N5/c1-2-7-18(8-3-1)24(13-19-15-26-23-12-5-4-11-22(19)23)28-20-9-6-10-21(14-20)29-17-25-16-27-29/h1-12,14-17,24,26,28H,13H2. The average molecular weight is 379 g/mol. The number of hydrogen-bond donors (Lipinski definition) is 2. The highest BCUT2D eigenvalue weighted by molar-refractivity contribution is 5.83. The zero-order valence-corrected chi connectivity index (χ0v) is 15.9. The molecule has 0 amide bonds. The highest BCUT2D eigenvalue weighted by Gasteiger charge is 2.15. The van der Waals surface area contributed by atoms with Crippen LogP contribution in [0.1, 0.15) is 17.2 Å². The summed E-state index contributed by atoms with van der Waals surface area (Å²) >= 11 is 0. The first-order chi connectivity index (χ1) is 14.4. The molecule has 0 fully saturated rings. The van der Waals surface area contributed by atoms with Crippen molar-refractivity contribution in [2.45, 2.75) is 12.5 Å². The van der Waals surface area contributed by atoms with Crippen LogP contribution in [-0.4, -0.2) is 19.7 Å². The summed E-state index contributed by atoms with van der Waals surface area (Å²) in [5.74, 6) is 0. The summed E-state index contributed by atoms with van der Waals surface area (Å²) in [6.07, 6.45) is 6.25. The second-order valence-corrected chi connectivity index (χ2v) is 7.06. The molecule has 2 aromatic heterocycles. The van der Waals surface area contributed by atoms with Crippen LogP contribution in [0.2, 0.25) is 0 Å². The first-order valence-electron chi connectivity index (χ1n) is 9.68. The van der Waals surface area contributed by atoms with Crippen molar-refractivity contribution >= 4 is 16.6 Å². The van der Waals surface area contributed by atoms with Gasteiger partial charge in [0.15, 0.2) is 0 Å². The summed E-state index contributed by atoms with van der Waals surface area (Å²) in [7, 11) is 0. The van der Waals surface area contributed by atoms with E-state index in [0.29, 0.717) is 0 Å². The Hall–Kier alpha value is -3.86. The van der Waals surface area contributed by atoms with Crippen molar-refractivity contribution < 1.29 is 0 Å². The molecule has 1 atom stereocenters. The summed E-state index contributed by atoms with van der Waals surface area (Å²) < 4.78 is 1.77. The van der Waals surface area contributed by atoms with Gasteiger partial charge >= 0.3 is 0 Å². The summed E-state index contributed by atoms with van der Waals surface area (Å²) in [6.45, 7) is 0. The van der Waals surface area contributed by atoms with E-state index < -0.39 is 0 Å². The Kier molecular flexibility index (Phi) is 4.54. The van der Waals surface area contributed by atoms with Gasteiger partial charge in [0, 0.05) is 22.8 Å². The van der Waals surface area contributed by atoms with Gasteiger partial charge in [-0.2, -0.15) is 5.10 Å². The molecule has 0 spiro atoms. The van der Waals surface area contributed by atoms with Crippen LogP contribution in [0.4, 0.5) is 5.69 Å². The quantitative estimate of drug-likeness (QED) is 0.429. The summed E-state index contributed by atoms with van der Waals surface area (Å²) in [5, 5.41) is 9.23. The molecule has 29 heavy (non-hydrogen) atoms. The second-order valence-electron chi connectivity index (χ2n) is 7.06. The lowest BCUT2D eigenvalue weighted by Crippen LogP contribution is -2.14. The van der Waals surface area contributed by atoms with Crippen LogP contribution in [0.15, 0.2) is 97.7 Å².